The fourth-order valence-corrected chi connectivity index (χ4v) is 4.38. The zero-order valence-electron chi connectivity index (χ0n) is 9.89. The molecule has 1 heterocycles. The van der Waals surface area contributed by atoms with Gasteiger partial charge in [0.25, 0.3) is 0 Å². The first-order chi connectivity index (χ1) is 7.98. The van der Waals surface area contributed by atoms with Crippen molar-refractivity contribution in [2.75, 3.05) is 11.5 Å². The van der Waals surface area contributed by atoms with E-state index in [9.17, 15) is 13.2 Å². The summed E-state index contributed by atoms with van der Waals surface area (Å²) in [7, 11) is -2.99. The minimum atomic E-state index is -2.99. The van der Waals surface area contributed by atoms with E-state index in [1.165, 1.54) is 0 Å². The van der Waals surface area contributed by atoms with Crippen LogP contribution in [0.25, 0.3) is 0 Å². The van der Waals surface area contributed by atoms with Crippen molar-refractivity contribution in [3.63, 3.8) is 0 Å². The highest BCUT2D eigenvalue weighted by molar-refractivity contribution is 7.91. The molecule has 1 aliphatic heterocycles. The van der Waals surface area contributed by atoms with Crippen LogP contribution in [0.2, 0.25) is 0 Å². The molecule has 1 saturated carbocycles. The Bertz CT molecular complexity index is 394. The average Bonchev–Trinajstić information content (AvgIpc) is 2.62. The molecule has 1 saturated heterocycles. The number of nitrogens with one attached hydrogen (secondary N) is 1. The summed E-state index contributed by atoms with van der Waals surface area (Å²) in [6.07, 6.45) is 4.50. The van der Waals surface area contributed by atoms with Crippen molar-refractivity contribution in [2.24, 2.45) is 11.7 Å². The maximum Gasteiger partial charge on any atom is 0.224 e. The lowest BCUT2D eigenvalue weighted by atomic mass is 9.90. The highest BCUT2D eigenvalue weighted by Crippen LogP contribution is 2.21. The Hall–Kier alpha value is -0.620. The van der Waals surface area contributed by atoms with Crippen molar-refractivity contribution >= 4 is 15.7 Å². The molecule has 5 nitrogen and oxygen atoms in total. The van der Waals surface area contributed by atoms with Gasteiger partial charge in [-0.15, -0.1) is 0 Å². The second-order valence-electron chi connectivity index (χ2n) is 5.16. The summed E-state index contributed by atoms with van der Waals surface area (Å²) >= 11 is 0. The van der Waals surface area contributed by atoms with Gasteiger partial charge in [0.15, 0.2) is 9.84 Å². The Labute approximate surface area is 102 Å². The third-order valence-corrected chi connectivity index (χ3v) is 5.52. The molecule has 1 aliphatic carbocycles. The van der Waals surface area contributed by atoms with Crippen LogP contribution in [0.1, 0.15) is 32.1 Å². The van der Waals surface area contributed by atoms with Gasteiger partial charge in [-0.1, -0.05) is 12.8 Å². The molecule has 0 spiro atoms. The van der Waals surface area contributed by atoms with E-state index in [4.69, 9.17) is 5.73 Å². The molecular formula is C11H20N2O3S. The van der Waals surface area contributed by atoms with Crippen LogP contribution >= 0.6 is 0 Å². The molecule has 6 heteroatoms. The van der Waals surface area contributed by atoms with E-state index in [0.29, 0.717) is 6.42 Å². The van der Waals surface area contributed by atoms with Crippen molar-refractivity contribution in [2.45, 2.75) is 44.2 Å². The highest BCUT2D eigenvalue weighted by atomic mass is 32.2. The number of carbonyl (C=O) groups excluding carboxylic acids is 1. The number of amides is 1. The smallest absolute Gasteiger partial charge is 0.224 e. The van der Waals surface area contributed by atoms with Crippen molar-refractivity contribution in [3.8, 4) is 0 Å². The summed E-state index contributed by atoms with van der Waals surface area (Å²) in [4.78, 5) is 11.9. The molecule has 0 aromatic rings. The topological polar surface area (TPSA) is 89.3 Å². The Kier molecular flexibility index (Phi) is 3.73. The van der Waals surface area contributed by atoms with Crippen molar-refractivity contribution in [3.05, 3.63) is 0 Å². The zero-order valence-corrected chi connectivity index (χ0v) is 10.7. The molecule has 3 unspecified atom stereocenters. The summed E-state index contributed by atoms with van der Waals surface area (Å²) < 4.78 is 22.6. The first-order valence-corrected chi connectivity index (χ1v) is 8.06. The average molecular weight is 260 g/mol. The van der Waals surface area contributed by atoms with E-state index in [1.54, 1.807) is 0 Å². The number of carbonyl (C=O) groups is 1. The summed E-state index contributed by atoms with van der Waals surface area (Å²) in [5, 5.41) is 2.92. The van der Waals surface area contributed by atoms with Gasteiger partial charge in [0.2, 0.25) is 5.91 Å². The maximum absolute atomic E-state index is 11.9. The predicted octanol–water partition coefficient (Wildman–Crippen LogP) is -0.193. The van der Waals surface area contributed by atoms with Crippen molar-refractivity contribution < 1.29 is 13.2 Å². The van der Waals surface area contributed by atoms with E-state index >= 15 is 0 Å². The molecule has 2 rings (SSSR count). The molecule has 0 bridgehead atoms. The van der Waals surface area contributed by atoms with Gasteiger partial charge in [-0.2, -0.15) is 0 Å². The van der Waals surface area contributed by atoms with Crippen LogP contribution in [0.15, 0.2) is 0 Å². The van der Waals surface area contributed by atoms with Crippen LogP contribution < -0.4 is 11.1 Å². The first-order valence-electron chi connectivity index (χ1n) is 6.24. The second kappa shape index (κ2) is 4.94. The standard InChI is InChI=1S/C11H20N2O3S/c12-9-3-1-2-4-10(9)13-11(14)8-5-6-17(15,16)7-8/h8-10H,1-7,12H2,(H,13,14). The molecule has 17 heavy (non-hydrogen) atoms. The normalized spacial score (nSPS) is 36.6. The fourth-order valence-electron chi connectivity index (χ4n) is 2.64. The van der Waals surface area contributed by atoms with Crippen LogP contribution in [-0.2, 0) is 14.6 Å². The van der Waals surface area contributed by atoms with Gasteiger partial charge < -0.3 is 11.1 Å². The fraction of sp³-hybridized carbons (Fsp3) is 0.909. The number of hydrogen-bond acceptors (Lipinski definition) is 4. The molecular weight excluding hydrogens is 240 g/mol. The van der Waals surface area contributed by atoms with Gasteiger partial charge in [0.1, 0.15) is 0 Å². The number of sulfone groups is 1. The van der Waals surface area contributed by atoms with Gasteiger partial charge in [-0.3, -0.25) is 4.79 Å². The largest absolute Gasteiger partial charge is 0.352 e. The van der Waals surface area contributed by atoms with Gasteiger partial charge >= 0.3 is 0 Å². The summed E-state index contributed by atoms with van der Waals surface area (Å²) in [6, 6.07) is 0.0465. The first kappa shape index (κ1) is 12.8. The summed E-state index contributed by atoms with van der Waals surface area (Å²) in [5.41, 5.74) is 5.95. The lowest BCUT2D eigenvalue weighted by molar-refractivity contribution is -0.125. The highest BCUT2D eigenvalue weighted by Gasteiger charge is 2.34. The van der Waals surface area contributed by atoms with Crippen LogP contribution in [-0.4, -0.2) is 37.9 Å². The van der Waals surface area contributed by atoms with E-state index < -0.39 is 9.84 Å². The number of rotatable bonds is 2. The summed E-state index contributed by atoms with van der Waals surface area (Å²) in [5.74, 6) is -0.356. The van der Waals surface area contributed by atoms with Crippen LogP contribution in [0.5, 0.6) is 0 Å². The van der Waals surface area contributed by atoms with E-state index in [0.717, 1.165) is 25.7 Å². The molecule has 0 aromatic heterocycles. The Morgan fingerprint density at radius 3 is 2.47 bits per heavy atom. The predicted molar refractivity (Wildman–Crippen MR) is 65.1 cm³/mol. The third-order valence-electron chi connectivity index (χ3n) is 3.75. The molecule has 3 N–H and O–H groups in total. The SMILES string of the molecule is NC1CCCCC1NC(=O)C1CCS(=O)(=O)C1. The van der Waals surface area contributed by atoms with Crippen LogP contribution in [0, 0.1) is 5.92 Å². The number of hydrogen-bond donors (Lipinski definition) is 2. The van der Waals surface area contributed by atoms with Gasteiger partial charge in [0.05, 0.1) is 17.4 Å². The Morgan fingerprint density at radius 2 is 1.88 bits per heavy atom. The van der Waals surface area contributed by atoms with Crippen LogP contribution in [0.3, 0.4) is 0 Å². The van der Waals surface area contributed by atoms with Crippen molar-refractivity contribution in [1.29, 1.82) is 0 Å². The quantitative estimate of drug-likeness (QED) is 0.720. The van der Waals surface area contributed by atoms with E-state index in [1.807, 2.05) is 0 Å². The molecule has 98 valence electrons. The molecule has 0 radical (unpaired) electrons. The Balaban J connectivity index is 1.89. The van der Waals surface area contributed by atoms with E-state index in [-0.39, 0.29) is 35.4 Å². The van der Waals surface area contributed by atoms with Crippen LogP contribution in [0.4, 0.5) is 0 Å². The molecule has 2 aliphatic rings. The lowest BCUT2D eigenvalue weighted by Crippen LogP contribution is -2.50. The number of nitrogens with two attached hydrogens (primary N) is 1. The van der Waals surface area contributed by atoms with Crippen molar-refractivity contribution in [1.82, 2.24) is 5.32 Å². The second-order valence-corrected chi connectivity index (χ2v) is 7.39. The van der Waals surface area contributed by atoms with Gasteiger partial charge in [-0.05, 0) is 19.3 Å². The Morgan fingerprint density at radius 1 is 1.18 bits per heavy atom. The minimum absolute atomic E-state index is 0.000785. The molecule has 1 amide bonds. The third kappa shape index (κ3) is 3.19. The molecule has 3 atom stereocenters. The molecule has 2 fully saturated rings. The van der Waals surface area contributed by atoms with Gasteiger partial charge in [-0.25, -0.2) is 8.42 Å². The maximum atomic E-state index is 11.9. The lowest BCUT2D eigenvalue weighted by Gasteiger charge is -2.30. The zero-order chi connectivity index (χ0) is 12.5. The van der Waals surface area contributed by atoms with Gasteiger partial charge in [0, 0.05) is 12.1 Å². The minimum Gasteiger partial charge on any atom is -0.352 e. The summed E-state index contributed by atoms with van der Waals surface area (Å²) in [6.45, 7) is 0. The van der Waals surface area contributed by atoms with E-state index in [2.05, 4.69) is 5.32 Å². The molecule has 0 aromatic carbocycles. The monoisotopic (exact) mass is 260 g/mol.